The summed E-state index contributed by atoms with van der Waals surface area (Å²) in [6, 6.07) is 10.3. The molecule has 0 saturated carbocycles. The highest BCUT2D eigenvalue weighted by atomic mass is 16.1. The minimum Gasteiger partial charge on any atom is -0.348 e. The van der Waals surface area contributed by atoms with Gasteiger partial charge in [0.05, 0.1) is 0 Å². The van der Waals surface area contributed by atoms with Gasteiger partial charge in [-0.05, 0) is 23.8 Å². The van der Waals surface area contributed by atoms with Gasteiger partial charge in [-0.25, -0.2) is 0 Å². The van der Waals surface area contributed by atoms with Crippen LogP contribution < -0.4 is 5.32 Å². The molecule has 0 aliphatic rings. The fourth-order valence-corrected chi connectivity index (χ4v) is 1.54. The van der Waals surface area contributed by atoms with E-state index in [2.05, 4.69) is 10.3 Å². The van der Waals surface area contributed by atoms with Crippen LogP contribution in [-0.4, -0.2) is 17.2 Å². The lowest BCUT2D eigenvalue weighted by atomic mass is 10.1. The summed E-state index contributed by atoms with van der Waals surface area (Å²) in [6.45, 7) is 0.415. The molecule has 0 atom stereocenters. The topological polar surface area (TPSA) is 59.1 Å². The van der Waals surface area contributed by atoms with Crippen molar-refractivity contribution < 1.29 is 9.59 Å². The molecule has 0 saturated heterocycles. The number of pyridine rings is 1. The minimum atomic E-state index is -0.206. The van der Waals surface area contributed by atoms with Crippen molar-refractivity contribution in [2.75, 3.05) is 0 Å². The van der Waals surface area contributed by atoms with Crippen molar-refractivity contribution in [3.8, 4) is 0 Å². The van der Waals surface area contributed by atoms with Gasteiger partial charge in [0.2, 0.25) is 0 Å². The largest absolute Gasteiger partial charge is 0.348 e. The summed E-state index contributed by atoms with van der Waals surface area (Å²) in [5, 5.41) is 2.77. The van der Waals surface area contributed by atoms with Crippen LogP contribution in [0.15, 0.2) is 48.8 Å². The van der Waals surface area contributed by atoms with Crippen LogP contribution >= 0.6 is 0 Å². The number of aldehydes is 1. The number of benzene rings is 1. The average Bonchev–Trinajstić information content (AvgIpc) is 2.46. The predicted molar refractivity (Wildman–Crippen MR) is 67.2 cm³/mol. The van der Waals surface area contributed by atoms with Crippen molar-refractivity contribution in [2.45, 2.75) is 6.54 Å². The number of nitrogens with one attached hydrogen (secondary N) is 1. The summed E-state index contributed by atoms with van der Waals surface area (Å²) in [5.41, 5.74) is 1.89. The molecule has 1 amide bonds. The third kappa shape index (κ3) is 3.01. The van der Waals surface area contributed by atoms with Crippen molar-refractivity contribution >= 4 is 12.2 Å². The molecule has 0 unspecified atom stereocenters. The molecule has 1 N–H and O–H groups in total. The zero-order chi connectivity index (χ0) is 12.8. The van der Waals surface area contributed by atoms with Gasteiger partial charge in [-0.1, -0.05) is 18.2 Å². The zero-order valence-corrected chi connectivity index (χ0v) is 9.67. The summed E-state index contributed by atoms with van der Waals surface area (Å²) >= 11 is 0. The zero-order valence-electron chi connectivity index (χ0n) is 9.67. The molecule has 0 fully saturated rings. The number of carbonyl (C=O) groups is 2. The van der Waals surface area contributed by atoms with Crippen molar-refractivity contribution in [1.29, 1.82) is 0 Å². The standard InChI is InChI=1S/C14H12N2O2/c17-10-11-3-1-5-13(7-11)14(18)16-9-12-4-2-6-15-8-12/h1-8,10H,9H2,(H,16,18). The Kier molecular flexibility index (Phi) is 3.81. The molecule has 4 heteroatoms. The van der Waals surface area contributed by atoms with E-state index in [0.29, 0.717) is 17.7 Å². The van der Waals surface area contributed by atoms with Gasteiger partial charge in [0.1, 0.15) is 6.29 Å². The third-order valence-electron chi connectivity index (χ3n) is 2.46. The van der Waals surface area contributed by atoms with Gasteiger partial charge in [0.25, 0.3) is 5.91 Å². The first-order valence-corrected chi connectivity index (χ1v) is 5.52. The number of nitrogens with zero attached hydrogens (tertiary/aromatic N) is 1. The minimum absolute atomic E-state index is 0.206. The second-order valence-electron chi connectivity index (χ2n) is 3.79. The lowest BCUT2D eigenvalue weighted by molar-refractivity contribution is 0.0951. The van der Waals surface area contributed by atoms with E-state index in [9.17, 15) is 9.59 Å². The van der Waals surface area contributed by atoms with Crippen LogP contribution in [0.5, 0.6) is 0 Å². The maximum atomic E-state index is 11.8. The van der Waals surface area contributed by atoms with Gasteiger partial charge in [0.15, 0.2) is 0 Å². The van der Waals surface area contributed by atoms with E-state index in [0.717, 1.165) is 11.8 Å². The lowest BCUT2D eigenvalue weighted by Crippen LogP contribution is -2.22. The molecule has 2 aromatic rings. The Balaban J connectivity index is 2.01. The van der Waals surface area contributed by atoms with Gasteiger partial charge in [0, 0.05) is 30.1 Å². The molecule has 1 aromatic carbocycles. The van der Waals surface area contributed by atoms with E-state index < -0.39 is 0 Å². The quantitative estimate of drug-likeness (QED) is 0.829. The second kappa shape index (κ2) is 5.72. The van der Waals surface area contributed by atoms with E-state index in [1.165, 1.54) is 0 Å². The fraction of sp³-hybridized carbons (Fsp3) is 0.0714. The Labute approximate surface area is 105 Å². The first kappa shape index (κ1) is 12.0. The van der Waals surface area contributed by atoms with Gasteiger partial charge >= 0.3 is 0 Å². The van der Waals surface area contributed by atoms with Crippen molar-refractivity contribution in [1.82, 2.24) is 10.3 Å². The highest BCUT2D eigenvalue weighted by Gasteiger charge is 2.05. The smallest absolute Gasteiger partial charge is 0.251 e. The van der Waals surface area contributed by atoms with Crippen LogP contribution in [0.2, 0.25) is 0 Å². The molecule has 1 aromatic heterocycles. The normalized spacial score (nSPS) is 9.78. The lowest BCUT2D eigenvalue weighted by Gasteiger charge is -2.05. The van der Waals surface area contributed by atoms with E-state index in [1.807, 2.05) is 12.1 Å². The first-order chi connectivity index (χ1) is 8.79. The number of carbonyl (C=O) groups excluding carboxylic acids is 2. The second-order valence-corrected chi connectivity index (χ2v) is 3.79. The van der Waals surface area contributed by atoms with Crippen LogP contribution in [-0.2, 0) is 6.54 Å². The Morgan fingerprint density at radius 2 is 2.17 bits per heavy atom. The van der Waals surface area contributed by atoms with Crippen LogP contribution in [0.4, 0.5) is 0 Å². The predicted octanol–water partition coefficient (Wildman–Crippen LogP) is 1.82. The van der Waals surface area contributed by atoms with E-state index in [-0.39, 0.29) is 5.91 Å². The molecule has 1 heterocycles. The van der Waals surface area contributed by atoms with Crippen LogP contribution in [0.1, 0.15) is 26.3 Å². The number of hydrogen-bond acceptors (Lipinski definition) is 3. The molecule has 2 rings (SSSR count). The van der Waals surface area contributed by atoms with Gasteiger partial charge in [-0.2, -0.15) is 0 Å². The van der Waals surface area contributed by atoms with Crippen molar-refractivity contribution in [2.24, 2.45) is 0 Å². The maximum Gasteiger partial charge on any atom is 0.251 e. The van der Waals surface area contributed by atoms with Crippen LogP contribution in [0.25, 0.3) is 0 Å². The Bertz CT molecular complexity index is 553. The van der Waals surface area contributed by atoms with E-state index >= 15 is 0 Å². The number of rotatable bonds is 4. The summed E-state index contributed by atoms with van der Waals surface area (Å²) in [7, 11) is 0. The fourth-order valence-electron chi connectivity index (χ4n) is 1.54. The molecule has 0 aliphatic carbocycles. The van der Waals surface area contributed by atoms with Crippen molar-refractivity contribution in [3.63, 3.8) is 0 Å². The van der Waals surface area contributed by atoms with Gasteiger partial charge < -0.3 is 5.32 Å². The number of aromatic nitrogens is 1. The molecular weight excluding hydrogens is 228 g/mol. The molecule has 0 radical (unpaired) electrons. The van der Waals surface area contributed by atoms with Crippen LogP contribution in [0.3, 0.4) is 0 Å². The molecular formula is C14H12N2O2. The molecule has 0 bridgehead atoms. The maximum absolute atomic E-state index is 11.8. The van der Waals surface area contributed by atoms with Gasteiger partial charge in [-0.3, -0.25) is 14.6 Å². The summed E-state index contributed by atoms with van der Waals surface area (Å²) in [6.07, 6.45) is 4.10. The average molecular weight is 240 g/mol. The molecule has 4 nitrogen and oxygen atoms in total. The Morgan fingerprint density at radius 3 is 2.89 bits per heavy atom. The molecule has 0 spiro atoms. The Morgan fingerprint density at radius 1 is 1.28 bits per heavy atom. The monoisotopic (exact) mass is 240 g/mol. The van der Waals surface area contributed by atoms with Crippen LogP contribution in [0, 0.1) is 0 Å². The number of hydrogen-bond donors (Lipinski definition) is 1. The van der Waals surface area contributed by atoms with Crippen molar-refractivity contribution in [3.05, 3.63) is 65.5 Å². The number of amides is 1. The molecule has 18 heavy (non-hydrogen) atoms. The Hall–Kier alpha value is -2.49. The highest BCUT2D eigenvalue weighted by molar-refractivity contribution is 5.95. The molecule has 0 aliphatic heterocycles. The first-order valence-electron chi connectivity index (χ1n) is 5.52. The van der Waals surface area contributed by atoms with E-state index in [1.54, 1.807) is 36.7 Å². The third-order valence-corrected chi connectivity index (χ3v) is 2.46. The summed E-state index contributed by atoms with van der Waals surface area (Å²) < 4.78 is 0. The highest BCUT2D eigenvalue weighted by Crippen LogP contribution is 2.04. The van der Waals surface area contributed by atoms with Gasteiger partial charge in [-0.15, -0.1) is 0 Å². The molecule has 90 valence electrons. The SMILES string of the molecule is O=Cc1cccc(C(=O)NCc2cccnc2)c1. The summed E-state index contributed by atoms with van der Waals surface area (Å²) in [4.78, 5) is 26.4. The summed E-state index contributed by atoms with van der Waals surface area (Å²) in [5.74, 6) is -0.206. The van der Waals surface area contributed by atoms with E-state index in [4.69, 9.17) is 0 Å².